The lowest BCUT2D eigenvalue weighted by atomic mass is 9.92. The van der Waals surface area contributed by atoms with Gasteiger partial charge in [0.1, 0.15) is 0 Å². The zero-order valence-corrected chi connectivity index (χ0v) is 10.5. The topological polar surface area (TPSA) is 3.24 Å². The van der Waals surface area contributed by atoms with Crippen LogP contribution >= 0.6 is 0 Å². The lowest BCUT2D eigenvalue weighted by Gasteiger charge is -2.25. The highest BCUT2D eigenvalue weighted by Gasteiger charge is 2.12. The molecule has 0 fully saturated rings. The van der Waals surface area contributed by atoms with E-state index in [1.165, 1.54) is 12.0 Å². The summed E-state index contributed by atoms with van der Waals surface area (Å²) in [6.45, 7) is 7.08. The van der Waals surface area contributed by atoms with Crippen LogP contribution in [0.5, 0.6) is 0 Å². The molecule has 0 bridgehead atoms. The third-order valence-corrected chi connectivity index (χ3v) is 2.85. The van der Waals surface area contributed by atoms with Gasteiger partial charge >= 0.3 is 0 Å². The highest BCUT2D eigenvalue weighted by atomic mass is 15.1. The monoisotopic (exact) mass is 217 g/mol. The summed E-state index contributed by atoms with van der Waals surface area (Å²) in [5, 5.41) is 0. The Morgan fingerprint density at radius 3 is 2.94 bits per heavy atom. The summed E-state index contributed by atoms with van der Waals surface area (Å²) in [5.74, 6) is 0.595. The Morgan fingerprint density at radius 1 is 1.56 bits per heavy atom. The van der Waals surface area contributed by atoms with Crippen LogP contribution in [0.15, 0.2) is 48.7 Å². The van der Waals surface area contributed by atoms with Crippen LogP contribution < -0.4 is 0 Å². The van der Waals surface area contributed by atoms with E-state index in [2.05, 4.69) is 56.0 Å². The summed E-state index contributed by atoms with van der Waals surface area (Å²) in [7, 11) is 2.13. The summed E-state index contributed by atoms with van der Waals surface area (Å²) in [6, 6.07) is 0. The van der Waals surface area contributed by atoms with Crippen LogP contribution in [0, 0.1) is 5.92 Å². The molecular formula is C15H23N. The molecular weight excluding hydrogens is 194 g/mol. The lowest BCUT2D eigenvalue weighted by molar-refractivity contribution is 0.396. The molecule has 0 saturated heterocycles. The van der Waals surface area contributed by atoms with E-state index in [4.69, 9.17) is 0 Å². The molecule has 0 N–H and O–H groups in total. The Balaban J connectivity index is 2.67. The lowest BCUT2D eigenvalue weighted by Crippen LogP contribution is -2.20. The Bertz CT molecular complexity index is 297. The molecule has 1 heteroatoms. The second kappa shape index (κ2) is 7.10. The van der Waals surface area contributed by atoms with E-state index >= 15 is 0 Å². The molecule has 16 heavy (non-hydrogen) atoms. The minimum absolute atomic E-state index is 0.595. The van der Waals surface area contributed by atoms with Gasteiger partial charge in [0.15, 0.2) is 0 Å². The first kappa shape index (κ1) is 12.8. The molecule has 1 atom stereocenters. The van der Waals surface area contributed by atoms with Crippen LogP contribution in [0.4, 0.5) is 0 Å². The fourth-order valence-corrected chi connectivity index (χ4v) is 1.92. The van der Waals surface area contributed by atoms with Gasteiger partial charge in [-0.3, -0.25) is 0 Å². The maximum Gasteiger partial charge on any atom is 0.0177 e. The van der Waals surface area contributed by atoms with Gasteiger partial charge in [-0.2, -0.15) is 0 Å². The van der Waals surface area contributed by atoms with Crippen molar-refractivity contribution in [3.63, 3.8) is 0 Å². The van der Waals surface area contributed by atoms with Crippen molar-refractivity contribution in [3.8, 4) is 0 Å². The van der Waals surface area contributed by atoms with Gasteiger partial charge in [-0.15, -0.1) is 6.58 Å². The van der Waals surface area contributed by atoms with Crippen LogP contribution in [0.25, 0.3) is 0 Å². The summed E-state index contributed by atoms with van der Waals surface area (Å²) < 4.78 is 0. The maximum atomic E-state index is 3.73. The first-order valence-electron chi connectivity index (χ1n) is 6.14. The van der Waals surface area contributed by atoms with Crippen molar-refractivity contribution >= 4 is 0 Å². The molecule has 0 aromatic heterocycles. The highest BCUT2D eigenvalue weighted by molar-refractivity contribution is 5.26. The van der Waals surface area contributed by atoms with Crippen molar-refractivity contribution in [2.45, 2.75) is 26.2 Å². The van der Waals surface area contributed by atoms with Crippen LogP contribution in [-0.2, 0) is 0 Å². The van der Waals surface area contributed by atoms with Crippen molar-refractivity contribution in [1.82, 2.24) is 4.90 Å². The number of allylic oxidation sites excluding steroid dienone is 6. The van der Waals surface area contributed by atoms with E-state index in [1.807, 2.05) is 6.08 Å². The zero-order valence-electron chi connectivity index (χ0n) is 10.5. The van der Waals surface area contributed by atoms with Gasteiger partial charge in [0.2, 0.25) is 0 Å². The summed E-state index contributed by atoms with van der Waals surface area (Å²) in [5.41, 5.74) is 1.45. The number of hydrogen-bond donors (Lipinski definition) is 0. The van der Waals surface area contributed by atoms with Crippen molar-refractivity contribution in [2.75, 3.05) is 13.6 Å². The van der Waals surface area contributed by atoms with Gasteiger partial charge in [0.05, 0.1) is 0 Å². The Hall–Kier alpha value is -1.24. The molecule has 1 rings (SSSR count). The third kappa shape index (κ3) is 4.09. The fourth-order valence-electron chi connectivity index (χ4n) is 1.92. The van der Waals surface area contributed by atoms with Gasteiger partial charge in [-0.1, -0.05) is 37.3 Å². The zero-order chi connectivity index (χ0) is 11.8. The first-order valence-corrected chi connectivity index (χ1v) is 6.14. The number of rotatable bonds is 5. The molecule has 0 aromatic carbocycles. The highest BCUT2D eigenvalue weighted by Crippen LogP contribution is 2.23. The quantitative estimate of drug-likeness (QED) is 0.498. The number of hydrogen-bond acceptors (Lipinski definition) is 1. The van der Waals surface area contributed by atoms with Crippen molar-refractivity contribution < 1.29 is 0 Å². The maximum absolute atomic E-state index is 3.73. The van der Waals surface area contributed by atoms with Gasteiger partial charge in [-0.05, 0) is 31.0 Å². The van der Waals surface area contributed by atoms with E-state index < -0.39 is 0 Å². The molecule has 1 heterocycles. The fraction of sp³-hybridized carbons (Fsp3) is 0.467. The van der Waals surface area contributed by atoms with Gasteiger partial charge in [-0.25, -0.2) is 0 Å². The number of nitrogens with zero attached hydrogens (tertiary/aromatic N) is 1. The minimum Gasteiger partial charge on any atom is -0.381 e. The molecule has 0 saturated carbocycles. The predicted octanol–water partition coefficient (Wildman–Crippen LogP) is 3.92. The summed E-state index contributed by atoms with van der Waals surface area (Å²) in [6.07, 6.45) is 16.5. The van der Waals surface area contributed by atoms with E-state index in [-0.39, 0.29) is 0 Å². The summed E-state index contributed by atoms with van der Waals surface area (Å²) >= 11 is 0. The Labute approximate surface area is 99.8 Å². The van der Waals surface area contributed by atoms with Crippen LogP contribution in [0.3, 0.4) is 0 Å². The van der Waals surface area contributed by atoms with E-state index in [9.17, 15) is 0 Å². The minimum atomic E-state index is 0.595. The normalized spacial score (nSPS) is 21.8. The average Bonchev–Trinajstić information content (AvgIpc) is 2.29. The third-order valence-electron chi connectivity index (χ3n) is 2.85. The molecule has 0 radical (unpaired) electrons. The predicted molar refractivity (Wildman–Crippen MR) is 72.2 cm³/mol. The summed E-state index contributed by atoms with van der Waals surface area (Å²) in [4.78, 5) is 2.24. The van der Waals surface area contributed by atoms with Crippen molar-refractivity contribution in [3.05, 3.63) is 48.7 Å². The smallest absolute Gasteiger partial charge is 0.0177 e. The molecule has 0 aliphatic carbocycles. The largest absolute Gasteiger partial charge is 0.381 e. The average molecular weight is 217 g/mol. The second-order valence-corrected chi connectivity index (χ2v) is 4.26. The standard InChI is InChI=1S/C15H23N/c1-4-6-7-9-14(8-5-2)15-10-12-16(3)13-11-15/h4,7-10,12,15H,1,5-6,11,13H2,2-3H3/b9-7+,14-8+. The van der Waals surface area contributed by atoms with Crippen LogP contribution in [-0.4, -0.2) is 18.5 Å². The van der Waals surface area contributed by atoms with E-state index in [0.29, 0.717) is 5.92 Å². The van der Waals surface area contributed by atoms with Crippen LogP contribution in [0.2, 0.25) is 0 Å². The molecule has 1 unspecified atom stereocenters. The molecule has 1 aliphatic heterocycles. The molecule has 0 spiro atoms. The molecule has 0 amide bonds. The SMILES string of the molecule is C=CC/C=C/C(=C\CC)C1C=CN(C)CC1. The van der Waals surface area contributed by atoms with Gasteiger partial charge in [0.25, 0.3) is 0 Å². The Morgan fingerprint density at radius 2 is 2.38 bits per heavy atom. The van der Waals surface area contributed by atoms with Gasteiger partial charge in [0, 0.05) is 19.5 Å². The van der Waals surface area contributed by atoms with Crippen molar-refractivity contribution in [2.24, 2.45) is 5.92 Å². The van der Waals surface area contributed by atoms with Crippen LogP contribution in [0.1, 0.15) is 26.2 Å². The molecule has 88 valence electrons. The van der Waals surface area contributed by atoms with Gasteiger partial charge < -0.3 is 4.90 Å². The Kier molecular flexibility index (Phi) is 5.69. The second-order valence-electron chi connectivity index (χ2n) is 4.26. The first-order chi connectivity index (χ1) is 7.77. The van der Waals surface area contributed by atoms with E-state index in [1.54, 1.807) is 0 Å². The molecule has 1 nitrogen and oxygen atoms in total. The molecule has 0 aromatic rings. The van der Waals surface area contributed by atoms with E-state index in [0.717, 1.165) is 19.4 Å². The molecule has 1 aliphatic rings. The van der Waals surface area contributed by atoms with Crippen molar-refractivity contribution in [1.29, 1.82) is 0 Å².